The zero-order valence-corrected chi connectivity index (χ0v) is 9.08. The summed E-state index contributed by atoms with van der Waals surface area (Å²) in [6.07, 6.45) is 3.78. The lowest BCUT2D eigenvalue weighted by atomic mass is 10.1. The minimum atomic E-state index is 0.419. The van der Waals surface area contributed by atoms with Crippen LogP contribution in [0.2, 0.25) is 0 Å². The zero-order chi connectivity index (χ0) is 9.31. The van der Waals surface area contributed by atoms with Gasteiger partial charge in [-0.2, -0.15) is 0 Å². The second-order valence-corrected chi connectivity index (χ2v) is 4.88. The molecule has 0 bridgehead atoms. The SMILES string of the molecule is CCCNc1nc(C2(C)CC2)cs1. The van der Waals surface area contributed by atoms with Gasteiger partial charge in [0.1, 0.15) is 0 Å². The number of nitrogens with one attached hydrogen (secondary N) is 1. The van der Waals surface area contributed by atoms with E-state index in [0.29, 0.717) is 5.41 Å². The van der Waals surface area contributed by atoms with Crippen molar-refractivity contribution in [3.05, 3.63) is 11.1 Å². The van der Waals surface area contributed by atoms with Gasteiger partial charge in [-0.15, -0.1) is 11.3 Å². The van der Waals surface area contributed by atoms with Crippen LogP contribution in [0.4, 0.5) is 5.13 Å². The second kappa shape index (κ2) is 3.29. The lowest BCUT2D eigenvalue weighted by Gasteiger charge is -2.02. The Kier molecular flexibility index (Phi) is 2.28. The van der Waals surface area contributed by atoms with Crippen LogP contribution in [0, 0.1) is 0 Å². The number of nitrogens with zero attached hydrogens (tertiary/aromatic N) is 1. The summed E-state index contributed by atoms with van der Waals surface area (Å²) >= 11 is 1.73. The molecule has 0 atom stereocenters. The number of aromatic nitrogens is 1. The standard InChI is InChI=1S/C10H16N2S/c1-3-6-11-9-12-8(7-13-9)10(2)4-5-10/h7H,3-6H2,1-2H3,(H,11,12). The molecule has 1 aliphatic carbocycles. The average Bonchev–Trinajstić information content (AvgIpc) is 2.69. The van der Waals surface area contributed by atoms with Gasteiger partial charge in [0.25, 0.3) is 0 Å². The molecule has 1 saturated carbocycles. The first-order valence-electron chi connectivity index (χ1n) is 4.94. The Morgan fingerprint density at radius 1 is 1.62 bits per heavy atom. The molecule has 1 fully saturated rings. The van der Waals surface area contributed by atoms with Crippen LogP contribution < -0.4 is 5.32 Å². The molecule has 0 saturated heterocycles. The van der Waals surface area contributed by atoms with Crippen molar-refractivity contribution in [3.8, 4) is 0 Å². The van der Waals surface area contributed by atoms with Gasteiger partial charge in [-0.05, 0) is 19.3 Å². The van der Waals surface area contributed by atoms with Gasteiger partial charge in [0, 0.05) is 17.3 Å². The fourth-order valence-corrected chi connectivity index (χ4v) is 2.20. The molecule has 1 aromatic heterocycles. The Balaban J connectivity index is 2.01. The smallest absolute Gasteiger partial charge is 0.182 e. The predicted octanol–water partition coefficient (Wildman–Crippen LogP) is 3.02. The first-order chi connectivity index (χ1) is 6.24. The Morgan fingerprint density at radius 2 is 2.38 bits per heavy atom. The summed E-state index contributed by atoms with van der Waals surface area (Å²) in [5.41, 5.74) is 1.71. The molecular weight excluding hydrogens is 180 g/mol. The van der Waals surface area contributed by atoms with E-state index in [-0.39, 0.29) is 0 Å². The minimum Gasteiger partial charge on any atom is -0.362 e. The van der Waals surface area contributed by atoms with Crippen LogP contribution in [0.5, 0.6) is 0 Å². The highest BCUT2D eigenvalue weighted by Crippen LogP contribution is 2.47. The van der Waals surface area contributed by atoms with Crippen LogP contribution in [0.1, 0.15) is 38.8 Å². The van der Waals surface area contributed by atoms with Crippen LogP contribution in [-0.2, 0) is 5.41 Å². The monoisotopic (exact) mass is 196 g/mol. The van der Waals surface area contributed by atoms with Crippen molar-refractivity contribution in [1.82, 2.24) is 4.98 Å². The largest absolute Gasteiger partial charge is 0.362 e. The van der Waals surface area contributed by atoms with Gasteiger partial charge in [-0.25, -0.2) is 4.98 Å². The van der Waals surface area contributed by atoms with Gasteiger partial charge in [-0.3, -0.25) is 0 Å². The van der Waals surface area contributed by atoms with E-state index >= 15 is 0 Å². The van der Waals surface area contributed by atoms with Crippen LogP contribution >= 0.6 is 11.3 Å². The average molecular weight is 196 g/mol. The van der Waals surface area contributed by atoms with E-state index in [1.807, 2.05) is 0 Å². The molecule has 2 rings (SSSR count). The molecule has 2 nitrogen and oxygen atoms in total. The molecule has 1 aromatic rings. The Hall–Kier alpha value is -0.570. The van der Waals surface area contributed by atoms with Crippen molar-refractivity contribution in [1.29, 1.82) is 0 Å². The van der Waals surface area contributed by atoms with Crippen molar-refractivity contribution >= 4 is 16.5 Å². The van der Waals surface area contributed by atoms with E-state index in [1.165, 1.54) is 18.5 Å². The van der Waals surface area contributed by atoms with Gasteiger partial charge < -0.3 is 5.32 Å². The Labute approximate surface area is 83.4 Å². The van der Waals surface area contributed by atoms with Gasteiger partial charge in [-0.1, -0.05) is 13.8 Å². The molecule has 1 heterocycles. The third-order valence-electron chi connectivity index (χ3n) is 2.65. The molecule has 0 spiro atoms. The van der Waals surface area contributed by atoms with Crippen LogP contribution in [0.25, 0.3) is 0 Å². The summed E-state index contributed by atoms with van der Waals surface area (Å²) in [6.45, 7) is 5.50. The molecular formula is C10H16N2S. The highest BCUT2D eigenvalue weighted by atomic mass is 32.1. The molecule has 72 valence electrons. The van der Waals surface area contributed by atoms with E-state index in [0.717, 1.165) is 18.1 Å². The lowest BCUT2D eigenvalue weighted by Crippen LogP contribution is -2.02. The topological polar surface area (TPSA) is 24.9 Å². The number of anilines is 1. The van der Waals surface area contributed by atoms with Crippen LogP contribution in [-0.4, -0.2) is 11.5 Å². The van der Waals surface area contributed by atoms with E-state index < -0.39 is 0 Å². The van der Waals surface area contributed by atoms with Gasteiger partial charge in [0.15, 0.2) is 5.13 Å². The summed E-state index contributed by atoms with van der Waals surface area (Å²) in [5, 5.41) is 6.61. The number of hydrogen-bond acceptors (Lipinski definition) is 3. The maximum atomic E-state index is 4.59. The highest BCUT2D eigenvalue weighted by Gasteiger charge is 2.41. The lowest BCUT2D eigenvalue weighted by molar-refractivity contribution is 0.758. The van der Waals surface area contributed by atoms with E-state index in [4.69, 9.17) is 0 Å². The summed E-state index contributed by atoms with van der Waals surface area (Å²) < 4.78 is 0. The maximum absolute atomic E-state index is 4.59. The van der Waals surface area contributed by atoms with Crippen molar-refractivity contribution < 1.29 is 0 Å². The van der Waals surface area contributed by atoms with E-state index in [9.17, 15) is 0 Å². The summed E-state index contributed by atoms with van der Waals surface area (Å²) in [6, 6.07) is 0. The third-order valence-corrected chi connectivity index (χ3v) is 3.45. The molecule has 0 aliphatic heterocycles. The van der Waals surface area contributed by atoms with Gasteiger partial charge in [0.2, 0.25) is 0 Å². The minimum absolute atomic E-state index is 0.419. The van der Waals surface area contributed by atoms with Crippen LogP contribution in [0.3, 0.4) is 0 Å². The molecule has 0 aromatic carbocycles. The molecule has 13 heavy (non-hydrogen) atoms. The fraction of sp³-hybridized carbons (Fsp3) is 0.700. The molecule has 0 radical (unpaired) electrons. The van der Waals surface area contributed by atoms with Crippen molar-refractivity contribution in [2.24, 2.45) is 0 Å². The first kappa shape index (κ1) is 9.00. The van der Waals surface area contributed by atoms with Crippen molar-refractivity contribution in [3.63, 3.8) is 0 Å². The maximum Gasteiger partial charge on any atom is 0.182 e. The molecule has 3 heteroatoms. The molecule has 0 amide bonds. The predicted molar refractivity (Wildman–Crippen MR) is 57.5 cm³/mol. The van der Waals surface area contributed by atoms with Crippen LogP contribution in [0.15, 0.2) is 5.38 Å². The molecule has 1 aliphatic rings. The zero-order valence-electron chi connectivity index (χ0n) is 8.26. The first-order valence-corrected chi connectivity index (χ1v) is 5.82. The summed E-state index contributed by atoms with van der Waals surface area (Å²) in [5.74, 6) is 0. The molecule has 1 N–H and O–H groups in total. The Bertz CT molecular complexity index is 289. The second-order valence-electron chi connectivity index (χ2n) is 4.03. The quantitative estimate of drug-likeness (QED) is 0.800. The number of rotatable bonds is 4. The van der Waals surface area contributed by atoms with E-state index in [1.54, 1.807) is 11.3 Å². The number of hydrogen-bond donors (Lipinski definition) is 1. The highest BCUT2D eigenvalue weighted by molar-refractivity contribution is 7.13. The fourth-order valence-electron chi connectivity index (χ4n) is 1.31. The van der Waals surface area contributed by atoms with Gasteiger partial charge in [0.05, 0.1) is 5.69 Å². The van der Waals surface area contributed by atoms with Crippen molar-refractivity contribution in [2.75, 3.05) is 11.9 Å². The molecule has 0 unspecified atom stereocenters. The number of thiazole rings is 1. The third kappa shape index (κ3) is 1.85. The van der Waals surface area contributed by atoms with Gasteiger partial charge >= 0.3 is 0 Å². The summed E-state index contributed by atoms with van der Waals surface area (Å²) in [4.78, 5) is 4.59. The Morgan fingerprint density at radius 3 is 3.00 bits per heavy atom. The summed E-state index contributed by atoms with van der Waals surface area (Å²) in [7, 11) is 0. The van der Waals surface area contributed by atoms with E-state index in [2.05, 4.69) is 29.5 Å². The van der Waals surface area contributed by atoms with Crippen molar-refractivity contribution in [2.45, 2.75) is 38.5 Å². The normalized spacial score (nSPS) is 18.6.